The summed E-state index contributed by atoms with van der Waals surface area (Å²) in [7, 11) is 0. The van der Waals surface area contributed by atoms with Gasteiger partial charge in [-0.15, -0.1) is 0 Å². The summed E-state index contributed by atoms with van der Waals surface area (Å²) < 4.78 is 0. The van der Waals surface area contributed by atoms with Crippen LogP contribution in [0.2, 0.25) is 0 Å². The molecule has 1 aliphatic rings. The maximum atomic E-state index is 7.73. The summed E-state index contributed by atoms with van der Waals surface area (Å²) >= 11 is 1.70. The summed E-state index contributed by atoms with van der Waals surface area (Å²) in [5.41, 5.74) is 10.6. The molecule has 0 radical (unpaired) electrons. The Hall–Kier alpha value is -1.74. The Morgan fingerprint density at radius 2 is 1.90 bits per heavy atom. The molecule has 0 saturated heterocycles. The molecule has 0 bridgehead atoms. The van der Waals surface area contributed by atoms with E-state index in [0.29, 0.717) is 0 Å². The summed E-state index contributed by atoms with van der Waals surface area (Å²) in [6.45, 7) is 2.02. The van der Waals surface area contributed by atoms with Gasteiger partial charge < -0.3 is 5.73 Å². The van der Waals surface area contributed by atoms with Gasteiger partial charge in [0.1, 0.15) is 5.84 Å². The van der Waals surface area contributed by atoms with Gasteiger partial charge in [0.15, 0.2) is 0 Å². The molecule has 2 nitrogen and oxygen atoms in total. The van der Waals surface area contributed by atoms with Crippen LogP contribution in [0, 0.1) is 12.3 Å². The van der Waals surface area contributed by atoms with Crippen molar-refractivity contribution in [1.29, 1.82) is 5.41 Å². The second-order valence-corrected chi connectivity index (χ2v) is 6.41. The Kier molecular flexibility index (Phi) is 3.53. The van der Waals surface area contributed by atoms with Gasteiger partial charge in [0.25, 0.3) is 0 Å². The molecule has 3 rings (SSSR count). The third-order valence-electron chi connectivity index (χ3n) is 3.72. The average Bonchev–Trinajstić information content (AvgIpc) is 2.88. The Balaban J connectivity index is 1.93. The summed E-state index contributed by atoms with van der Waals surface area (Å²) in [6.07, 6.45) is 3.67. The highest BCUT2D eigenvalue weighted by Crippen LogP contribution is 2.34. The predicted molar refractivity (Wildman–Crippen MR) is 84.8 cm³/mol. The first kappa shape index (κ1) is 13.3. The third-order valence-corrected chi connectivity index (χ3v) is 4.79. The molecule has 0 aromatic heterocycles. The lowest BCUT2D eigenvalue weighted by Crippen LogP contribution is -2.12. The number of fused-ring (bicyclic) bond motifs is 1. The van der Waals surface area contributed by atoms with Crippen LogP contribution in [0.4, 0.5) is 0 Å². The molecule has 102 valence electrons. The standard InChI is InChI=1S/C17H18N2S/c1-11-5-8-16(15(9-11)17(18)19)20-14-7-6-12-3-2-4-13(12)10-14/h5-10H,2-4H2,1H3,(H3,18,19). The van der Waals surface area contributed by atoms with Crippen LogP contribution in [0.25, 0.3) is 0 Å². The predicted octanol–water partition coefficient (Wildman–Crippen LogP) is 3.92. The highest BCUT2D eigenvalue weighted by molar-refractivity contribution is 7.99. The number of rotatable bonds is 3. The highest BCUT2D eigenvalue weighted by Gasteiger charge is 2.12. The average molecular weight is 282 g/mol. The topological polar surface area (TPSA) is 49.9 Å². The molecular formula is C17H18N2S. The van der Waals surface area contributed by atoms with Crippen molar-refractivity contribution in [1.82, 2.24) is 0 Å². The van der Waals surface area contributed by atoms with E-state index in [9.17, 15) is 0 Å². The van der Waals surface area contributed by atoms with Crippen LogP contribution in [0.5, 0.6) is 0 Å². The van der Waals surface area contributed by atoms with Gasteiger partial charge in [0, 0.05) is 15.4 Å². The van der Waals surface area contributed by atoms with E-state index in [1.807, 2.05) is 13.0 Å². The van der Waals surface area contributed by atoms with Gasteiger partial charge in [-0.2, -0.15) is 0 Å². The molecule has 0 atom stereocenters. The number of nitrogens with two attached hydrogens (primary N) is 1. The van der Waals surface area contributed by atoms with Gasteiger partial charge in [-0.05, 0) is 61.6 Å². The molecule has 3 heteroatoms. The molecule has 0 fully saturated rings. The van der Waals surface area contributed by atoms with Crippen molar-refractivity contribution < 1.29 is 0 Å². The largest absolute Gasteiger partial charge is 0.384 e. The SMILES string of the molecule is Cc1ccc(Sc2ccc3c(c2)CCC3)c(C(=N)N)c1. The Labute approximate surface area is 123 Å². The molecule has 0 saturated carbocycles. The Bertz CT molecular complexity index is 677. The zero-order valence-corrected chi connectivity index (χ0v) is 12.4. The van der Waals surface area contributed by atoms with E-state index in [1.54, 1.807) is 11.8 Å². The van der Waals surface area contributed by atoms with Gasteiger partial charge in [-0.3, -0.25) is 5.41 Å². The molecule has 20 heavy (non-hydrogen) atoms. The fourth-order valence-corrected chi connectivity index (χ4v) is 3.69. The monoisotopic (exact) mass is 282 g/mol. The molecule has 0 spiro atoms. The zero-order chi connectivity index (χ0) is 14.1. The van der Waals surface area contributed by atoms with Crippen LogP contribution < -0.4 is 5.73 Å². The van der Waals surface area contributed by atoms with Crippen molar-refractivity contribution in [3.8, 4) is 0 Å². The van der Waals surface area contributed by atoms with E-state index in [-0.39, 0.29) is 5.84 Å². The van der Waals surface area contributed by atoms with Gasteiger partial charge in [0.2, 0.25) is 0 Å². The lowest BCUT2D eigenvalue weighted by molar-refractivity contribution is 0.911. The van der Waals surface area contributed by atoms with Crippen LogP contribution in [-0.2, 0) is 12.8 Å². The number of aryl methyl sites for hydroxylation is 3. The van der Waals surface area contributed by atoms with Crippen LogP contribution >= 0.6 is 11.8 Å². The molecule has 2 aromatic rings. The first-order valence-corrected chi connectivity index (χ1v) is 7.70. The molecule has 0 aliphatic heterocycles. The van der Waals surface area contributed by atoms with Crippen molar-refractivity contribution in [2.24, 2.45) is 5.73 Å². The van der Waals surface area contributed by atoms with Crippen LogP contribution in [-0.4, -0.2) is 5.84 Å². The van der Waals surface area contributed by atoms with Crippen molar-refractivity contribution in [3.63, 3.8) is 0 Å². The zero-order valence-electron chi connectivity index (χ0n) is 11.6. The van der Waals surface area contributed by atoms with Crippen molar-refractivity contribution in [2.45, 2.75) is 36.0 Å². The molecular weight excluding hydrogens is 264 g/mol. The third kappa shape index (κ3) is 2.59. The highest BCUT2D eigenvalue weighted by atomic mass is 32.2. The minimum atomic E-state index is 0.136. The minimum absolute atomic E-state index is 0.136. The first-order chi connectivity index (χ1) is 9.63. The maximum Gasteiger partial charge on any atom is 0.123 e. The normalized spacial score (nSPS) is 13.2. The molecule has 3 N–H and O–H groups in total. The molecule has 1 aliphatic carbocycles. The number of nitrogens with one attached hydrogen (secondary N) is 1. The molecule has 0 heterocycles. The fraction of sp³-hybridized carbons (Fsp3) is 0.235. The second kappa shape index (κ2) is 5.33. The number of hydrogen-bond donors (Lipinski definition) is 2. The van der Waals surface area contributed by atoms with Gasteiger partial charge in [-0.25, -0.2) is 0 Å². The van der Waals surface area contributed by atoms with Gasteiger partial charge in [-0.1, -0.05) is 29.5 Å². The smallest absolute Gasteiger partial charge is 0.123 e. The lowest BCUT2D eigenvalue weighted by atomic mass is 10.1. The molecule has 2 aromatic carbocycles. The van der Waals surface area contributed by atoms with E-state index >= 15 is 0 Å². The summed E-state index contributed by atoms with van der Waals surface area (Å²) in [4.78, 5) is 2.29. The van der Waals surface area contributed by atoms with E-state index in [2.05, 4.69) is 30.3 Å². The van der Waals surface area contributed by atoms with E-state index in [0.717, 1.165) is 16.0 Å². The van der Waals surface area contributed by atoms with Crippen molar-refractivity contribution in [3.05, 3.63) is 58.7 Å². The van der Waals surface area contributed by atoms with Crippen molar-refractivity contribution >= 4 is 17.6 Å². The number of amidine groups is 1. The number of hydrogen-bond acceptors (Lipinski definition) is 2. The van der Waals surface area contributed by atoms with Crippen LogP contribution in [0.1, 0.15) is 28.7 Å². The Morgan fingerprint density at radius 1 is 1.10 bits per heavy atom. The molecule has 0 amide bonds. The van der Waals surface area contributed by atoms with E-state index in [4.69, 9.17) is 11.1 Å². The Morgan fingerprint density at radius 3 is 2.70 bits per heavy atom. The van der Waals surface area contributed by atoms with E-state index in [1.165, 1.54) is 35.3 Å². The molecule has 0 unspecified atom stereocenters. The van der Waals surface area contributed by atoms with Crippen molar-refractivity contribution in [2.75, 3.05) is 0 Å². The maximum absolute atomic E-state index is 7.73. The fourth-order valence-electron chi connectivity index (χ4n) is 2.68. The number of benzene rings is 2. The number of nitrogen functional groups attached to an aromatic ring is 1. The first-order valence-electron chi connectivity index (χ1n) is 6.88. The summed E-state index contributed by atoms with van der Waals surface area (Å²) in [5.74, 6) is 0.136. The quantitative estimate of drug-likeness (QED) is 0.662. The summed E-state index contributed by atoms with van der Waals surface area (Å²) in [5, 5.41) is 7.73. The van der Waals surface area contributed by atoms with Crippen LogP contribution in [0.3, 0.4) is 0 Å². The second-order valence-electron chi connectivity index (χ2n) is 5.30. The van der Waals surface area contributed by atoms with Gasteiger partial charge in [0.05, 0.1) is 0 Å². The summed E-state index contributed by atoms with van der Waals surface area (Å²) in [6, 6.07) is 12.8. The van der Waals surface area contributed by atoms with E-state index < -0.39 is 0 Å². The lowest BCUT2D eigenvalue weighted by Gasteiger charge is -2.10. The van der Waals surface area contributed by atoms with Crippen LogP contribution in [0.15, 0.2) is 46.2 Å². The van der Waals surface area contributed by atoms with Gasteiger partial charge >= 0.3 is 0 Å². The minimum Gasteiger partial charge on any atom is -0.384 e.